The molecule has 1 aliphatic carbocycles. The summed E-state index contributed by atoms with van der Waals surface area (Å²) in [5.41, 5.74) is 0.435. The molecule has 0 aromatic carbocycles. The van der Waals surface area contributed by atoms with E-state index >= 15 is 0 Å². The van der Waals surface area contributed by atoms with Crippen molar-refractivity contribution in [1.82, 2.24) is 4.90 Å². The molecule has 104 valence electrons. The maximum Gasteiger partial charge on any atom is 0.352 e. The van der Waals surface area contributed by atoms with Crippen molar-refractivity contribution in [3.63, 3.8) is 0 Å². The number of rotatable bonds is 2. The number of hydrogen-bond donors (Lipinski definition) is 3. The molecule has 1 unspecified atom stereocenters. The summed E-state index contributed by atoms with van der Waals surface area (Å²) in [4.78, 5) is 24.7. The number of carboxylic acids is 1. The Morgan fingerprint density at radius 3 is 2.68 bits per heavy atom. The first-order valence-electron chi connectivity index (χ1n) is 6.61. The standard InChI is InChI=1S/C13H17NO5/c1-5(15)8-10-6-3-2-4-7(16)9(6)11(13(18)19)14(10)12(8)17/h5-8,10,15-16H,2-4H2,1H3,(H,18,19)/t5?,6-,7+,8-,10-/m1/s1. The third kappa shape index (κ3) is 1.50. The Kier molecular flexibility index (Phi) is 2.69. The zero-order chi connectivity index (χ0) is 13.9. The van der Waals surface area contributed by atoms with Crippen LogP contribution in [0.4, 0.5) is 0 Å². The van der Waals surface area contributed by atoms with E-state index in [4.69, 9.17) is 0 Å². The van der Waals surface area contributed by atoms with E-state index in [1.54, 1.807) is 6.92 Å². The van der Waals surface area contributed by atoms with Crippen molar-refractivity contribution in [2.24, 2.45) is 11.8 Å². The molecule has 0 bridgehead atoms. The Bertz CT molecular complexity index is 483. The normalized spacial score (nSPS) is 38.7. The molecule has 3 N–H and O–H groups in total. The molecule has 1 saturated heterocycles. The van der Waals surface area contributed by atoms with Gasteiger partial charge in [-0.1, -0.05) is 0 Å². The van der Waals surface area contributed by atoms with Gasteiger partial charge in [-0.3, -0.25) is 4.79 Å². The summed E-state index contributed by atoms with van der Waals surface area (Å²) in [5, 5.41) is 29.1. The summed E-state index contributed by atoms with van der Waals surface area (Å²) in [6, 6.07) is -0.288. The summed E-state index contributed by atoms with van der Waals surface area (Å²) in [5.74, 6) is -2.17. The maximum absolute atomic E-state index is 12.0. The largest absolute Gasteiger partial charge is 0.477 e. The summed E-state index contributed by atoms with van der Waals surface area (Å²) < 4.78 is 0. The van der Waals surface area contributed by atoms with Gasteiger partial charge in [0.25, 0.3) is 0 Å². The Morgan fingerprint density at radius 1 is 1.42 bits per heavy atom. The van der Waals surface area contributed by atoms with E-state index in [1.807, 2.05) is 0 Å². The monoisotopic (exact) mass is 267 g/mol. The number of aliphatic hydroxyl groups excluding tert-OH is 2. The van der Waals surface area contributed by atoms with E-state index in [0.29, 0.717) is 12.0 Å². The topological polar surface area (TPSA) is 98.1 Å². The van der Waals surface area contributed by atoms with Gasteiger partial charge < -0.3 is 20.2 Å². The fraction of sp³-hybridized carbons (Fsp3) is 0.692. The molecule has 3 rings (SSSR count). The Hall–Kier alpha value is -1.40. The Labute approximate surface area is 110 Å². The van der Waals surface area contributed by atoms with Gasteiger partial charge in [-0.05, 0) is 31.8 Å². The number of carboxylic acid groups (broad SMARTS) is 1. The highest BCUT2D eigenvalue weighted by Crippen LogP contribution is 2.52. The van der Waals surface area contributed by atoms with Gasteiger partial charge in [-0.15, -0.1) is 0 Å². The number of carbonyl (C=O) groups is 2. The molecule has 5 atom stereocenters. The van der Waals surface area contributed by atoms with Crippen molar-refractivity contribution in [3.05, 3.63) is 11.3 Å². The molecular weight excluding hydrogens is 250 g/mol. The molecule has 0 aromatic heterocycles. The molecule has 6 nitrogen and oxygen atoms in total. The van der Waals surface area contributed by atoms with Gasteiger partial charge in [0.1, 0.15) is 5.70 Å². The highest BCUT2D eigenvalue weighted by Gasteiger charge is 2.62. The van der Waals surface area contributed by atoms with Crippen LogP contribution >= 0.6 is 0 Å². The van der Waals surface area contributed by atoms with Gasteiger partial charge in [-0.25, -0.2) is 4.79 Å². The molecule has 6 heteroatoms. The average Bonchev–Trinajstić information content (AvgIpc) is 2.61. The number of β-lactam (4-membered cyclic amide) rings is 1. The van der Waals surface area contributed by atoms with Crippen molar-refractivity contribution < 1.29 is 24.9 Å². The minimum absolute atomic E-state index is 0.0518. The SMILES string of the molecule is CC(O)[C@H]1C(=O)N2C(C(=O)O)=C3[C@@H](CCC[C@@H]3O)[C@H]12. The second-order valence-corrected chi connectivity index (χ2v) is 5.63. The molecule has 19 heavy (non-hydrogen) atoms. The third-order valence-electron chi connectivity index (χ3n) is 4.59. The van der Waals surface area contributed by atoms with Gasteiger partial charge in [0.05, 0.1) is 24.2 Å². The molecule has 0 radical (unpaired) electrons. The zero-order valence-corrected chi connectivity index (χ0v) is 10.6. The lowest BCUT2D eigenvalue weighted by atomic mass is 9.72. The van der Waals surface area contributed by atoms with E-state index in [2.05, 4.69) is 0 Å². The molecule has 3 aliphatic rings. The maximum atomic E-state index is 12.0. The molecule has 2 aliphatic heterocycles. The van der Waals surface area contributed by atoms with Crippen LogP contribution in [0.3, 0.4) is 0 Å². The lowest BCUT2D eigenvalue weighted by Crippen LogP contribution is -2.64. The van der Waals surface area contributed by atoms with Gasteiger partial charge in [0.15, 0.2) is 0 Å². The number of aliphatic carboxylic acids is 1. The molecule has 1 saturated carbocycles. The number of amides is 1. The summed E-state index contributed by atoms with van der Waals surface area (Å²) in [6.45, 7) is 1.55. The number of fused-ring (bicyclic) bond motifs is 3. The van der Waals surface area contributed by atoms with Crippen LogP contribution in [0.25, 0.3) is 0 Å². The lowest BCUT2D eigenvalue weighted by molar-refractivity contribution is -0.163. The van der Waals surface area contributed by atoms with Crippen molar-refractivity contribution in [3.8, 4) is 0 Å². The number of nitrogens with zero attached hydrogens (tertiary/aromatic N) is 1. The zero-order valence-electron chi connectivity index (χ0n) is 10.6. The van der Waals surface area contributed by atoms with E-state index in [-0.39, 0.29) is 23.6 Å². The number of aliphatic hydroxyl groups is 2. The Morgan fingerprint density at radius 2 is 2.11 bits per heavy atom. The Balaban J connectivity index is 2.04. The van der Waals surface area contributed by atoms with Crippen LogP contribution in [0.1, 0.15) is 26.2 Å². The smallest absolute Gasteiger partial charge is 0.352 e. The van der Waals surface area contributed by atoms with E-state index < -0.39 is 24.1 Å². The van der Waals surface area contributed by atoms with Crippen LogP contribution in [0.15, 0.2) is 11.3 Å². The van der Waals surface area contributed by atoms with Gasteiger partial charge in [-0.2, -0.15) is 0 Å². The van der Waals surface area contributed by atoms with E-state index in [0.717, 1.165) is 12.8 Å². The highest BCUT2D eigenvalue weighted by molar-refractivity contribution is 6.00. The van der Waals surface area contributed by atoms with Crippen LogP contribution in [-0.2, 0) is 9.59 Å². The second-order valence-electron chi connectivity index (χ2n) is 5.63. The van der Waals surface area contributed by atoms with Crippen molar-refractivity contribution in [1.29, 1.82) is 0 Å². The summed E-state index contributed by atoms with van der Waals surface area (Å²) >= 11 is 0. The molecule has 2 heterocycles. The highest BCUT2D eigenvalue weighted by atomic mass is 16.4. The number of hydrogen-bond acceptors (Lipinski definition) is 4. The second kappa shape index (κ2) is 4.05. The average molecular weight is 267 g/mol. The first kappa shape index (κ1) is 12.6. The summed E-state index contributed by atoms with van der Waals surface area (Å²) in [6.07, 6.45) is 0.547. The van der Waals surface area contributed by atoms with Gasteiger partial charge >= 0.3 is 5.97 Å². The fourth-order valence-electron chi connectivity index (χ4n) is 3.86. The van der Waals surface area contributed by atoms with E-state index in [9.17, 15) is 24.9 Å². The molecule has 2 fully saturated rings. The van der Waals surface area contributed by atoms with Crippen molar-refractivity contribution in [2.45, 2.75) is 44.4 Å². The van der Waals surface area contributed by atoms with Crippen LogP contribution in [0.2, 0.25) is 0 Å². The molecule has 1 amide bonds. The van der Waals surface area contributed by atoms with Crippen LogP contribution in [0, 0.1) is 11.8 Å². The number of carbonyl (C=O) groups excluding carboxylic acids is 1. The predicted molar refractivity (Wildman–Crippen MR) is 63.8 cm³/mol. The molecule has 0 aromatic rings. The first-order valence-corrected chi connectivity index (χ1v) is 6.61. The quantitative estimate of drug-likeness (QED) is 0.597. The van der Waals surface area contributed by atoms with Crippen LogP contribution in [0.5, 0.6) is 0 Å². The lowest BCUT2D eigenvalue weighted by Gasteiger charge is -2.47. The predicted octanol–water partition coefficient (Wildman–Crippen LogP) is -0.293. The van der Waals surface area contributed by atoms with Crippen molar-refractivity contribution in [2.75, 3.05) is 0 Å². The van der Waals surface area contributed by atoms with Crippen molar-refractivity contribution >= 4 is 11.9 Å². The van der Waals surface area contributed by atoms with Crippen LogP contribution in [-0.4, -0.2) is 50.3 Å². The molecular formula is C13H17NO5. The minimum Gasteiger partial charge on any atom is -0.477 e. The van der Waals surface area contributed by atoms with Gasteiger partial charge in [0, 0.05) is 5.92 Å². The first-order chi connectivity index (χ1) is 8.95. The fourth-order valence-corrected chi connectivity index (χ4v) is 3.86. The summed E-state index contributed by atoms with van der Waals surface area (Å²) in [7, 11) is 0. The van der Waals surface area contributed by atoms with Gasteiger partial charge in [0.2, 0.25) is 5.91 Å². The van der Waals surface area contributed by atoms with Crippen LogP contribution < -0.4 is 0 Å². The van der Waals surface area contributed by atoms with E-state index in [1.165, 1.54) is 4.90 Å². The molecule has 0 spiro atoms. The third-order valence-corrected chi connectivity index (χ3v) is 4.59. The minimum atomic E-state index is -1.17.